The van der Waals surface area contributed by atoms with Gasteiger partial charge in [-0.05, 0) is 60.8 Å². The van der Waals surface area contributed by atoms with Crippen LogP contribution in [-0.2, 0) is 14.4 Å². The highest BCUT2D eigenvalue weighted by atomic mass is 35.5. The van der Waals surface area contributed by atoms with E-state index >= 15 is 0 Å². The summed E-state index contributed by atoms with van der Waals surface area (Å²) in [5, 5.41) is 5.19. The molecule has 0 unspecified atom stereocenters. The maximum Gasteiger partial charge on any atom is 0.270 e. The minimum Gasteiger partial charge on any atom is -0.483 e. The van der Waals surface area contributed by atoms with Crippen molar-refractivity contribution in [3.8, 4) is 5.75 Å². The normalized spacial score (nSPS) is 14.6. The molecule has 35 heavy (non-hydrogen) atoms. The van der Waals surface area contributed by atoms with Crippen molar-refractivity contribution in [3.63, 3.8) is 0 Å². The summed E-state index contributed by atoms with van der Waals surface area (Å²) in [7, 11) is 0. The van der Waals surface area contributed by atoms with Crippen LogP contribution < -0.4 is 20.3 Å². The highest BCUT2D eigenvalue weighted by Crippen LogP contribution is 2.28. The predicted molar refractivity (Wildman–Crippen MR) is 135 cm³/mol. The standard InChI is InChI=1S/C25H17ClFN3O4S/c26-16-10-11-21(34-14-22(31)28-20-9-5-4-8-19(20)27)15(12-16)13-18-23(32)29-25(35)30(24(18)33)17-6-2-1-3-7-17/h1-13H,14H2,(H,28,31)(H,29,32,35)/b18-13-. The van der Waals surface area contributed by atoms with Gasteiger partial charge in [-0.15, -0.1) is 0 Å². The molecule has 3 aromatic carbocycles. The number of hydrogen-bond acceptors (Lipinski definition) is 5. The topological polar surface area (TPSA) is 87.7 Å². The van der Waals surface area contributed by atoms with Crippen LogP contribution in [0.5, 0.6) is 5.75 Å². The lowest BCUT2D eigenvalue weighted by molar-refractivity contribution is -0.122. The van der Waals surface area contributed by atoms with Gasteiger partial charge in [-0.2, -0.15) is 0 Å². The van der Waals surface area contributed by atoms with Gasteiger partial charge >= 0.3 is 0 Å². The van der Waals surface area contributed by atoms with E-state index in [-0.39, 0.29) is 27.7 Å². The van der Waals surface area contributed by atoms with Gasteiger partial charge in [-0.1, -0.05) is 41.9 Å². The van der Waals surface area contributed by atoms with E-state index in [1.54, 1.807) is 36.4 Å². The number of carbonyl (C=O) groups excluding carboxylic acids is 3. The van der Waals surface area contributed by atoms with E-state index in [1.165, 1.54) is 47.4 Å². The molecule has 2 N–H and O–H groups in total. The SMILES string of the molecule is O=C(COc1ccc(Cl)cc1/C=C1/C(=O)NC(=S)N(c2ccccc2)C1=O)Nc1ccccc1F. The van der Waals surface area contributed by atoms with Crippen molar-refractivity contribution in [2.75, 3.05) is 16.8 Å². The molecule has 0 atom stereocenters. The van der Waals surface area contributed by atoms with Crippen molar-refractivity contribution in [3.05, 3.63) is 94.8 Å². The fourth-order valence-electron chi connectivity index (χ4n) is 3.28. The van der Waals surface area contributed by atoms with Crippen molar-refractivity contribution in [2.45, 2.75) is 0 Å². The number of para-hydroxylation sites is 2. The summed E-state index contributed by atoms with van der Waals surface area (Å²) >= 11 is 11.3. The summed E-state index contributed by atoms with van der Waals surface area (Å²) in [5.74, 6) is -2.31. The Morgan fingerprint density at radius 1 is 1.09 bits per heavy atom. The number of anilines is 2. The Balaban J connectivity index is 1.58. The van der Waals surface area contributed by atoms with Crippen LogP contribution in [0.4, 0.5) is 15.8 Å². The van der Waals surface area contributed by atoms with Gasteiger partial charge in [0.15, 0.2) is 11.7 Å². The molecule has 10 heteroatoms. The zero-order chi connectivity index (χ0) is 24.9. The van der Waals surface area contributed by atoms with Gasteiger partial charge in [0, 0.05) is 10.6 Å². The first kappa shape index (κ1) is 24.1. The lowest BCUT2D eigenvalue weighted by Gasteiger charge is -2.29. The number of carbonyl (C=O) groups is 3. The smallest absolute Gasteiger partial charge is 0.270 e. The quantitative estimate of drug-likeness (QED) is 0.293. The van der Waals surface area contributed by atoms with Crippen LogP contribution in [0.1, 0.15) is 5.56 Å². The van der Waals surface area contributed by atoms with Gasteiger partial charge in [-0.25, -0.2) is 4.39 Å². The number of rotatable bonds is 6. The number of nitrogens with zero attached hydrogens (tertiary/aromatic N) is 1. The first-order chi connectivity index (χ1) is 16.8. The van der Waals surface area contributed by atoms with Crippen LogP contribution >= 0.6 is 23.8 Å². The average molecular weight is 510 g/mol. The van der Waals surface area contributed by atoms with E-state index in [2.05, 4.69) is 10.6 Å². The maximum absolute atomic E-state index is 13.8. The van der Waals surface area contributed by atoms with Crippen molar-refractivity contribution >= 4 is 64.1 Å². The first-order valence-electron chi connectivity index (χ1n) is 10.3. The van der Waals surface area contributed by atoms with E-state index in [9.17, 15) is 18.8 Å². The van der Waals surface area contributed by atoms with Gasteiger partial charge in [0.1, 0.15) is 17.1 Å². The number of hydrogen-bond donors (Lipinski definition) is 2. The maximum atomic E-state index is 13.8. The number of halogens is 2. The largest absolute Gasteiger partial charge is 0.483 e. The molecule has 3 aromatic rings. The van der Waals surface area contributed by atoms with E-state index in [0.717, 1.165) is 0 Å². The number of amides is 3. The molecule has 0 bridgehead atoms. The van der Waals surface area contributed by atoms with E-state index < -0.39 is 30.1 Å². The van der Waals surface area contributed by atoms with Crippen molar-refractivity contribution in [1.29, 1.82) is 0 Å². The Morgan fingerprint density at radius 2 is 1.80 bits per heavy atom. The molecule has 3 amide bonds. The number of nitrogens with one attached hydrogen (secondary N) is 2. The molecule has 0 saturated carbocycles. The van der Waals surface area contributed by atoms with Crippen LogP contribution in [-0.4, -0.2) is 29.4 Å². The second-order valence-corrected chi connectivity index (χ2v) is 8.12. The number of ether oxygens (including phenoxy) is 1. The Kier molecular flexibility index (Phi) is 7.19. The van der Waals surface area contributed by atoms with Crippen LogP contribution in [0.2, 0.25) is 5.02 Å². The molecule has 1 aliphatic heterocycles. The number of benzene rings is 3. The zero-order valence-electron chi connectivity index (χ0n) is 18.0. The molecule has 1 saturated heterocycles. The summed E-state index contributed by atoms with van der Waals surface area (Å²) in [6.45, 7) is -0.452. The molecular weight excluding hydrogens is 493 g/mol. The molecule has 1 fully saturated rings. The van der Waals surface area contributed by atoms with Gasteiger partial charge in [0.2, 0.25) is 0 Å². The summed E-state index contributed by atoms with van der Waals surface area (Å²) in [6.07, 6.45) is 1.31. The molecule has 1 aliphatic rings. The molecule has 0 spiro atoms. The van der Waals surface area contributed by atoms with Crippen molar-refractivity contribution in [1.82, 2.24) is 5.32 Å². The molecule has 176 valence electrons. The van der Waals surface area contributed by atoms with Gasteiger partial charge in [0.05, 0.1) is 11.4 Å². The third kappa shape index (κ3) is 5.53. The third-order valence-corrected chi connectivity index (χ3v) is 5.41. The highest BCUT2D eigenvalue weighted by molar-refractivity contribution is 7.80. The minimum atomic E-state index is -0.685. The summed E-state index contributed by atoms with van der Waals surface area (Å²) in [6, 6.07) is 18.9. The lowest BCUT2D eigenvalue weighted by Crippen LogP contribution is -2.54. The van der Waals surface area contributed by atoms with Crippen LogP contribution in [0.25, 0.3) is 6.08 Å². The molecule has 0 aromatic heterocycles. The third-order valence-electron chi connectivity index (χ3n) is 4.89. The van der Waals surface area contributed by atoms with Crippen LogP contribution in [0, 0.1) is 5.82 Å². The molecular formula is C25H17ClFN3O4S. The summed E-state index contributed by atoms with van der Waals surface area (Å²) in [4.78, 5) is 39.3. The summed E-state index contributed by atoms with van der Waals surface area (Å²) in [5.41, 5.74) is 0.586. The summed E-state index contributed by atoms with van der Waals surface area (Å²) < 4.78 is 19.4. The minimum absolute atomic E-state index is 0.0148. The molecule has 1 heterocycles. The first-order valence-corrected chi connectivity index (χ1v) is 11.1. The van der Waals surface area contributed by atoms with E-state index in [1.807, 2.05) is 0 Å². The predicted octanol–water partition coefficient (Wildman–Crippen LogP) is 4.33. The Bertz CT molecular complexity index is 1360. The Labute approximate surface area is 210 Å². The Hall–Kier alpha value is -4.08. The number of thiocarbonyl (C=S) groups is 1. The lowest BCUT2D eigenvalue weighted by atomic mass is 10.1. The highest BCUT2D eigenvalue weighted by Gasteiger charge is 2.34. The van der Waals surface area contributed by atoms with Crippen LogP contribution in [0.3, 0.4) is 0 Å². The van der Waals surface area contributed by atoms with Crippen molar-refractivity contribution in [2.24, 2.45) is 0 Å². The van der Waals surface area contributed by atoms with Gasteiger partial charge in [-0.3, -0.25) is 24.6 Å². The second kappa shape index (κ2) is 10.5. The molecule has 7 nitrogen and oxygen atoms in total. The zero-order valence-corrected chi connectivity index (χ0v) is 19.5. The fraction of sp³-hybridized carbons (Fsp3) is 0.0400. The molecule has 0 radical (unpaired) electrons. The second-order valence-electron chi connectivity index (χ2n) is 7.29. The van der Waals surface area contributed by atoms with Crippen LogP contribution in [0.15, 0.2) is 78.4 Å². The average Bonchev–Trinajstić information content (AvgIpc) is 2.83. The van der Waals surface area contributed by atoms with E-state index in [0.29, 0.717) is 10.7 Å². The van der Waals surface area contributed by atoms with Crippen molar-refractivity contribution < 1.29 is 23.5 Å². The Morgan fingerprint density at radius 3 is 2.54 bits per heavy atom. The molecule has 0 aliphatic carbocycles. The fourth-order valence-corrected chi connectivity index (χ4v) is 3.74. The molecule has 4 rings (SSSR count). The van der Waals surface area contributed by atoms with Gasteiger partial charge < -0.3 is 10.1 Å². The van der Waals surface area contributed by atoms with E-state index in [4.69, 9.17) is 28.6 Å². The monoisotopic (exact) mass is 509 g/mol. The van der Waals surface area contributed by atoms with Gasteiger partial charge in [0.25, 0.3) is 17.7 Å².